The van der Waals surface area contributed by atoms with Gasteiger partial charge in [0.15, 0.2) is 0 Å². The largest absolute Gasteiger partial charge is 0.488 e. The van der Waals surface area contributed by atoms with Gasteiger partial charge in [0.25, 0.3) is 0 Å². The molecule has 14 heavy (non-hydrogen) atoms. The van der Waals surface area contributed by atoms with E-state index in [-0.39, 0.29) is 14.3 Å². The van der Waals surface area contributed by atoms with Crippen LogP contribution in [0, 0.1) is 0 Å². The van der Waals surface area contributed by atoms with E-state index in [4.69, 9.17) is 25.2 Å². The minimum Gasteiger partial charge on any atom is -0.429 e. The molecule has 0 saturated heterocycles. The number of hydrogen-bond acceptors (Lipinski definition) is 5. The Bertz CT molecular complexity index is 256. The number of hydrogen-bond donors (Lipinski definition) is 5. The molecule has 0 aromatic heterocycles. The zero-order valence-corrected chi connectivity index (χ0v) is 7.41. The molecule has 0 heterocycles. The Morgan fingerprint density at radius 3 is 2.00 bits per heavy atom. The topological polar surface area (TPSA) is 101 Å². The van der Waals surface area contributed by atoms with Crippen LogP contribution in [0.3, 0.4) is 0 Å². The zero-order valence-electron chi connectivity index (χ0n) is 7.41. The molecular formula is C7H11B2O5. The van der Waals surface area contributed by atoms with Crippen LogP contribution in [0.15, 0.2) is 24.3 Å². The van der Waals surface area contributed by atoms with E-state index < -0.39 is 7.12 Å². The molecule has 5 N–H and O–H groups in total. The first-order chi connectivity index (χ1) is 6.67. The molecule has 0 aliphatic heterocycles. The monoisotopic (exact) mass is 197 g/mol. The van der Waals surface area contributed by atoms with Gasteiger partial charge >= 0.3 is 14.8 Å². The van der Waals surface area contributed by atoms with Crippen molar-refractivity contribution in [1.82, 2.24) is 0 Å². The molecule has 7 heteroatoms. The first-order valence-electron chi connectivity index (χ1n) is 3.82. The summed E-state index contributed by atoms with van der Waals surface area (Å²) in [4.78, 5) is 0. The van der Waals surface area contributed by atoms with Gasteiger partial charge in [-0.15, -0.1) is 0 Å². The molecule has 0 amide bonds. The quantitative estimate of drug-likeness (QED) is 0.333. The van der Waals surface area contributed by atoms with E-state index in [1.807, 2.05) is 0 Å². The molecule has 0 bridgehead atoms. The van der Waals surface area contributed by atoms with Crippen LogP contribution < -0.4 is 5.46 Å². The van der Waals surface area contributed by atoms with Crippen LogP contribution in [0.5, 0.6) is 0 Å². The van der Waals surface area contributed by atoms with Crippen molar-refractivity contribution in [3.05, 3.63) is 29.8 Å². The maximum absolute atomic E-state index is 8.78. The molecule has 0 saturated carbocycles. The summed E-state index contributed by atoms with van der Waals surface area (Å²) < 4.78 is 0. The molecule has 75 valence electrons. The lowest BCUT2D eigenvalue weighted by atomic mass is 9.77. The molecule has 1 aromatic rings. The molecule has 0 fully saturated rings. The molecular weight excluding hydrogens is 186 g/mol. The van der Waals surface area contributed by atoms with E-state index >= 15 is 0 Å². The molecule has 1 aromatic carbocycles. The van der Waals surface area contributed by atoms with Crippen LogP contribution in [-0.4, -0.2) is 40.0 Å². The summed E-state index contributed by atoms with van der Waals surface area (Å²) in [5, 5.41) is 40.3. The Morgan fingerprint density at radius 1 is 1.14 bits per heavy atom. The highest BCUT2D eigenvalue weighted by molar-refractivity contribution is 6.59. The van der Waals surface area contributed by atoms with Gasteiger partial charge in [-0.1, -0.05) is 24.3 Å². The Labute approximate surface area is 82.7 Å². The fourth-order valence-electron chi connectivity index (χ4n) is 0.930. The van der Waals surface area contributed by atoms with Gasteiger partial charge in [0.2, 0.25) is 0 Å². The number of aliphatic hydroxyl groups excluding tert-OH is 1. The van der Waals surface area contributed by atoms with Crippen molar-refractivity contribution in [2.75, 3.05) is 0 Å². The first kappa shape index (κ1) is 13.1. The third kappa shape index (κ3) is 4.40. The Kier molecular flexibility index (Phi) is 7.09. The van der Waals surface area contributed by atoms with Gasteiger partial charge in [0.05, 0.1) is 6.61 Å². The van der Waals surface area contributed by atoms with Gasteiger partial charge in [-0.3, -0.25) is 0 Å². The van der Waals surface area contributed by atoms with Crippen molar-refractivity contribution in [3.63, 3.8) is 0 Å². The molecule has 0 unspecified atom stereocenters. The summed E-state index contributed by atoms with van der Waals surface area (Å²) in [6.07, 6.45) is 0. The molecule has 1 rings (SSSR count). The van der Waals surface area contributed by atoms with Gasteiger partial charge in [-0.2, -0.15) is 0 Å². The molecule has 0 aliphatic carbocycles. The standard InChI is InChI=1S/C7H9BO3.BH2O2/c9-5-6-3-1-2-4-7(6)8(10)11;2-1-3/h1-4,9-11H,5H2;2-3H. The smallest absolute Gasteiger partial charge is 0.429 e. The van der Waals surface area contributed by atoms with Gasteiger partial charge < -0.3 is 25.2 Å². The third-order valence-corrected chi connectivity index (χ3v) is 1.50. The van der Waals surface area contributed by atoms with Gasteiger partial charge in [-0.05, 0) is 11.0 Å². The summed E-state index contributed by atoms with van der Waals surface area (Å²) in [6, 6.07) is 6.64. The van der Waals surface area contributed by atoms with Crippen LogP contribution in [0.4, 0.5) is 0 Å². The number of rotatable bonds is 2. The average molecular weight is 197 g/mol. The summed E-state index contributed by atoms with van der Waals surface area (Å²) in [7, 11) is -1.50. The van der Waals surface area contributed by atoms with Crippen molar-refractivity contribution < 1.29 is 25.2 Å². The van der Waals surface area contributed by atoms with Gasteiger partial charge in [0, 0.05) is 0 Å². The van der Waals surface area contributed by atoms with Crippen molar-refractivity contribution in [2.24, 2.45) is 0 Å². The summed E-state index contributed by atoms with van der Waals surface area (Å²) in [5.74, 6) is 0. The Balaban J connectivity index is 0.000000500. The lowest BCUT2D eigenvalue weighted by Crippen LogP contribution is -2.32. The first-order valence-corrected chi connectivity index (χ1v) is 3.82. The van der Waals surface area contributed by atoms with Crippen molar-refractivity contribution in [2.45, 2.75) is 6.61 Å². The Hall–Kier alpha value is -0.850. The summed E-state index contributed by atoms with van der Waals surface area (Å²) in [6.45, 7) is -0.173. The Morgan fingerprint density at radius 2 is 1.64 bits per heavy atom. The second-order valence-electron chi connectivity index (χ2n) is 2.35. The summed E-state index contributed by atoms with van der Waals surface area (Å²) in [5.41, 5.74) is 0.900. The van der Waals surface area contributed by atoms with Crippen LogP contribution in [0.1, 0.15) is 5.56 Å². The SMILES string of the molecule is OCc1ccccc1B(O)O.O[B]O. The highest BCUT2D eigenvalue weighted by atomic mass is 16.4. The van der Waals surface area contributed by atoms with Crippen molar-refractivity contribution in [3.8, 4) is 0 Å². The van der Waals surface area contributed by atoms with Gasteiger partial charge in [-0.25, -0.2) is 0 Å². The predicted octanol–water partition coefficient (Wildman–Crippen LogP) is -2.64. The van der Waals surface area contributed by atoms with Crippen LogP contribution in [0.2, 0.25) is 0 Å². The van der Waals surface area contributed by atoms with Crippen molar-refractivity contribution in [1.29, 1.82) is 0 Å². The third-order valence-electron chi connectivity index (χ3n) is 1.50. The van der Waals surface area contributed by atoms with Crippen LogP contribution in [-0.2, 0) is 6.61 Å². The van der Waals surface area contributed by atoms with Crippen LogP contribution >= 0.6 is 0 Å². The minimum atomic E-state index is -1.50. The molecule has 0 atom stereocenters. The second kappa shape index (κ2) is 7.54. The van der Waals surface area contributed by atoms with Gasteiger partial charge in [0.1, 0.15) is 0 Å². The predicted molar refractivity (Wildman–Crippen MR) is 52.4 cm³/mol. The van der Waals surface area contributed by atoms with E-state index in [2.05, 4.69) is 0 Å². The van der Waals surface area contributed by atoms with E-state index in [0.717, 1.165) is 0 Å². The van der Waals surface area contributed by atoms with E-state index in [9.17, 15) is 0 Å². The highest BCUT2D eigenvalue weighted by Crippen LogP contribution is 1.95. The fourth-order valence-corrected chi connectivity index (χ4v) is 0.930. The number of benzene rings is 1. The zero-order chi connectivity index (χ0) is 11.0. The average Bonchev–Trinajstić information content (AvgIpc) is 2.19. The molecule has 0 spiro atoms. The maximum atomic E-state index is 8.78. The molecule has 1 radical (unpaired) electrons. The second-order valence-corrected chi connectivity index (χ2v) is 2.35. The van der Waals surface area contributed by atoms with E-state index in [0.29, 0.717) is 11.0 Å². The number of aliphatic hydroxyl groups is 1. The normalized spacial score (nSPS) is 8.64. The van der Waals surface area contributed by atoms with E-state index in [1.165, 1.54) is 0 Å². The maximum Gasteiger partial charge on any atom is 0.488 e. The molecule has 0 aliphatic rings. The van der Waals surface area contributed by atoms with Crippen molar-refractivity contribution >= 4 is 20.3 Å². The van der Waals surface area contributed by atoms with Crippen LogP contribution in [0.25, 0.3) is 0 Å². The lowest BCUT2D eigenvalue weighted by Gasteiger charge is -2.03. The lowest BCUT2D eigenvalue weighted by molar-refractivity contribution is 0.282. The summed E-state index contributed by atoms with van der Waals surface area (Å²) >= 11 is 0. The van der Waals surface area contributed by atoms with E-state index in [1.54, 1.807) is 24.3 Å². The fraction of sp³-hybridized carbons (Fsp3) is 0.143. The molecule has 5 nitrogen and oxygen atoms in total. The minimum absolute atomic E-state index is 0. The highest BCUT2D eigenvalue weighted by Gasteiger charge is 2.13.